The van der Waals surface area contributed by atoms with Crippen molar-refractivity contribution in [2.45, 2.75) is 64.1 Å². The summed E-state index contributed by atoms with van der Waals surface area (Å²) in [5, 5.41) is 4.10. The van der Waals surface area contributed by atoms with E-state index >= 15 is 0 Å². The second-order valence-corrected chi connectivity index (χ2v) is 7.85. The SMILES string of the molecule is [CH2]Cc1c(Cl)nc(N)nc1N(C)C1CC(C)(C)NC(C)(C)C1. The van der Waals surface area contributed by atoms with Crippen LogP contribution in [0.25, 0.3) is 0 Å². The highest BCUT2D eigenvalue weighted by Crippen LogP contribution is 2.34. The molecule has 5 nitrogen and oxygen atoms in total. The van der Waals surface area contributed by atoms with E-state index in [1.165, 1.54) is 0 Å². The summed E-state index contributed by atoms with van der Waals surface area (Å²) >= 11 is 6.22. The third-order valence-corrected chi connectivity index (χ3v) is 4.57. The summed E-state index contributed by atoms with van der Waals surface area (Å²) in [5.74, 6) is 1.00. The Bertz CT molecular complexity index is 540. The van der Waals surface area contributed by atoms with Gasteiger partial charge in [0.15, 0.2) is 0 Å². The molecule has 22 heavy (non-hydrogen) atoms. The molecular weight excluding hydrogens is 298 g/mol. The highest BCUT2D eigenvalue weighted by atomic mass is 35.5. The van der Waals surface area contributed by atoms with Crippen LogP contribution in [0, 0.1) is 6.92 Å². The maximum Gasteiger partial charge on any atom is 0.223 e. The number of hydrogen-bond acceptors (Lipinski definition) is 5. The Balaban J connectivity index is 2.37. The summed E-state index contributed by atoms with van der Waals surface area (Å²) in [6.45, 7) is 12.9. The van der Waals surface area contributed by atoms with Crippen molar-refractivity contribution in [2.24, 2.45) is 0 Å². The summed E-state index contributed by atoms with van der Waals surface area (Å²) in [6.07, 6.45) is 2.58. The number of nitrogen functional groups attached to an aromatic ring is 1. The van der Waals surface area contributed by atoms with Crippen LogP contribution >= 0.6 is 11.6 Å². The lowest BCUT2D eigenvalue weighted by atomic mass is 9.79. The topological polar surface area (TPSA) is 67.1 Å². The Morgan fingerprint density at radius 3 is 2.32 bits per heavy atom. The summed E-state index contributed by atoms with van der Waals surface area (Å²) in [5.41, 5.74) is 6.77. The lowest BCUT2D eigenvalue weighted by Crippen LogP contribution is -2.62. The van der Waals surface area contributed by atoms with E-state index in [1.807, 2.05) is 0 Å². The average molecular weight is 325 g/mol. The van der Waals surface area contributed by atoms with Gasteiger partial charge in [0, 0.05) is 29.7 Å². The van der Waals surface area contributed by atoms with E-state index in [9.17, 15) is 0 Å². The van der Waals surface area contributed by atoms with E-state index in [0.717, 1.165) is 24.2 Å². The van der Waals surface area contributed by atoms with Crippen molar-refractivity contribution < 1.29 is 0 Å². The summed E-state index contributed by atoms with van der Waals surface area (Å²) in [4.78, 5) is 10.7. The summed E-state index contributed by atoms with van der Waals surface area (Å²) in [7, 11) is 2.05. The van der Waals surface area contributed by atoms with Gasteiger partial charge in [-0.05, 0) is 53.9 Å². The maximum atomic E-state index is 6.22. The fourth-order valence-electron chi connectivity index (χ4n) is 3.68. The molecule has 0 aromatic carbocycles. The number of aromatic nitrogens is 2. The molecule has 0 aliphatic carbocycles. The summed E-state index contributed by atoms with van der Waals surface area (Å²) in [6, 6.07) is 0.349. The Morgan fingerprint density at radius 1 is 1.27 bits per heavy atom. The fraction of sp³-hybridized carbons (Fsp3) is 0.688. The Kier molecular flexibility index (Phi) is 4.60. The van der Waals surface area contributed by atoms with Crippen molar-refractivity contribution in [3.05, 3.63) is 17.6 Å². The first-order chi connectivity index (χ1) is 10.0. The van der Waals surface area contributed by atoms with Crippen LogP contribution in [-0.2, 0) is 6.42 Å². The molecule has 1 aliphatic rings. The molecule has 0 amide bonds. The second kappa shape index (κ2) is 5.85. The van der Waals surface area contributed by atoms with Crippen molar-refractivity contribution in [1.29, 1.82) is 0 Å². The summed E-state index contributed by atoms with van der Waals surface area (Å²) < 4.78 is 0. The smallest absolute Gasteiger partial charge is 0.223 e. The minimum atomic E-state index is 0.0632. The van der Waals surface area contributed by atoms with Gasteiger partial charge in [-0.3, -0.25) is 0 Å². The minimum absolute atomic E-state index is 0.0632. The third kappa shape index (κ3) is 3.63. The van der Waals surface area contributed by atoms with Gasteiger partial charge in [0.05, 0.1) is 0 Å². The maximum absolute atomic E-state index is 6.22. The van der Waals surface area contributed by atoms with E-state index in [1.54, 1.807) is 0 Å². The molecule has 1 aromatic heterocycles. The molecule has 1 aromatic rings. The van der Waals surface area contributed by atoms with E-state index in [0.29, 0.717) is 17.6 Å². The second-order valence-electron chi connectivity index (χ2n) is 7.49. The van der Waals surface area contributed by atoms with Crippen LogP contribution < -0.4 is 16.0 Å². The molecule has 1 saturated heterocycles. The first-order valence-corrected chi connectivity index (χ1v) is 8.06. The van der Waals surface area contributed by atoms with Crippen LogP contribution in [0.5, 0.6) is 0 Å². The molecule has 3 N–H and O–H groups in total. The Labute approximate surface area is 138 Å². The molecule has 1 radical (unpaired) electrons. The molecule has 0 atom stereocenters. The zero-order valence-corrected chi connectivity index (χ0v) is 15.0. The van der Waals surface area contributed by atoms with Gasteiger partial charge in [-0.2, -0.15) is 4.98 Å². The van der Waals surface area contributed by atoms with Gasteiger partial charge in [0.25, 0.3) is 0 Å². The van der Waals surface area contributed by atoms with Crippen molar-refractivity contribution in [3.8, 4) is 0 Å². The molecule has 1 aliphatic heterocycles. The number of nitrogens with zero attached hydrogens (tertiary/aromatic N) is 3. The first kappa shape index (κ1) is 17.3. The average Bonchev–Trinajstić information content (AvgIpc) is 2.33. The van der Waals surface area contributed by atoms with Gasteiger partial charge < -0.3 is 16.0 Å². The van der Waals surface area contributed by atoms with E-state index in [4.69, 9.17) is 17.3 Å². The van der Waals surface area contributed by atoms with Crippen LogP contribution in [0.3, 0.4) is 0 Å². The quantitative estimate of drug-likeness (QED) is 0.837. The zero-order valence-electron chi connectivity index (χ0n) is 14.2. The lowest BCUT2D eigenvalue weighted by Gasteiger charge is -2.49. The minimum Gasteiger partial charge on any atom is -0.368 e. The molecule has 2 heterocycles. The normalized spacial score (nSPS) is 20.9. The largest absolute Gasteiger partial charge is 0.368 e. The van der Waals surface area contributed by atoms with Crippen LogP contribution in [0.15, 0.2) is 0 Å². The Morgan fingerprint density at radius 2 is 1.82 bits per heavy atom. The van der Waals surface area contributed by atoms with E-state index in [-0.39, 0.29) is 17.0 Å². The van der Waals surface area contributed by atoms with Crippen LogP contribution in [0.1, 0.15) is 46.1 Å². The van der Waals surface area contributed by atoms with Gasteiger partial charge in [0.1, 0.15) is 11.0 Å². The number of hydrogen-bond donors (Lipinski definition) is 2. The van der Waals surface area contributed by atoms with Crippen LogP contribution in [-0.4, -0.2) is 34.1 Å². The van der Waals surface area contributed by atoms with Crippen LogP contribution in [0.4, 0.5) is 11.8 Å². The number of rotatable bonds is 3. The fourth-order valence-corrected chi connectivity index (χ4v) is 3.95. The van der Waals surface area contributed by atoms with Gasteiger partial charge in [-0.15, -0.1) is 0 Å². The first-order valence-electron chi connectivity index (χ1n) is 7.68. The third-order valence-electron chi connectivity index (χ3n) is 4.25. The molecule has 0 spiro atoms. The number of nitrogens with one attached hydrogen (secondary N) is 1. The predicted octanol–water partition coefficient (Wildman–Crippen LogP) is 2.83. The van der Waals surface area contributed by atoms with E-state index < -0.39 is 0 Å². The van der Waals surface area contributed by atoms with E-state index in [2.05, 4.69) is 61.9 Å². The number of piperidine rings is 1. The number of halogens is 1. The van der Waals surface area contributed by atoms with Gasteiger partial charge in [-0.25, -0.2) is 4.98 Å². The number of nitrogens with two attached hydrogens (primary N) is 1. The predicted molar refractivity (Wildman–Crippen MR) is 93.2 cm³/mol. The van der Waals surface area contributed by atoms with Crippen molar-refractivity contribution in [2.75, 3.05) is 17.7 Å². The lowest BCUT2D eigenvalue weighted by molar-refractivity contribution is 0.160. The standard InChI is InChI=1S/C16H27ClN5/c1-7-11-12(17)19-14(18)20-13(11)22(6)10-8-15(2,3)21-16(4,5)9-10/h10,21H,1,7-9H2,2-6H3,(H2,18,19,20). The molecule has 1 fully saturated rings. The molecule has 0 saturated carbocycles. The van der Waals surface area contributed by atoms with Crippen LogP contribution in [0.2, 0.25) is 5.15 Å². The molecular formula is C16H27ClN5. The molecule has 0 unspecified atom stereocenters. The monoisotopic (exact) mass is 324 g/mol. The molecule has 0 bridgehead atoms. The van der Waals surface area contributed by atoms with Crippen molar-refractivity contribution >= 4 is 23.4 Å². The van der Waals surface area contributed by atoms with Gasteiger partial charge in [0.2, 0.25) is 5.95 Å². The van der Waals surface area contributed by atoms with Crippen molar-refractivity contribution in [3.63, 3.8) is 0 Å². The Hall–Kier alpha value is -1.07. The van der Waals surface area contributed by atoms with Gasteiger partial charge >= 0.3 is 0 Å². The zero-order chi connectivity index (χ0) is 16.7. The highest BCUT2D eigenvalue weighted by molar-refractivity contribution is 6.30. The highest BCUT2D eigenvalue weighted by Gasteiger charge is 2.39. The van der Waals surface area contributed by atoms with Gasteiger partial charge in [-0.1, -0.05) is 11.6 Å². The molecule has 6 heteroatoms. The number of anilines is 2. The molecule has 123 valence electrons. The molecule has 2 rings (SSSR count). The van der Waals surface area contributed by atoms with Crippen molar-refractivity contribution in [1.82, 2.24) is 15.3 Å².